The zero-order valence-corrected chi connectivity index (χ0v) is 15.8. The summed E-state index contributed by atoms with van der Waals surface area (Å²) in [5.41, 5.74) is 0.856. The Bertz CT molecular complexity index is 1000. The Balaban J connectivity index is 2.35. The molecule has 130 valence electrons. The first-order valence-electron chi connectivity index (χ1n) is 6.76. The highest BCUT2D eigenvalue weighted by molar-refractivity contribution is 6.56. The smallest absolute Gasteiger partial charge is 0.307 e. The molecule has 0 unspecified atom stereocenters. The molecule has 3 aromatic rings. The lowest BCUT2D eigenvalue weighted by Crippen LogP contribution is -2.00. The van der Waals surface area contributed by atoms with Gasteiger partial charge in [-0.1, -0.05) is 58.0 Å². The number of nitrogens with one attached hydrogen (secondary N) is 1. The molecule has 0 saturated carbocycles. The summed E-state index contributed by atoms with van der Waals surface area (Å²) in [5.74, 6) is -1.77. The second-order valence-electron chi connectivity index (χ2n) is 5.18. The van der Waals surface area contributed by atoms with Crippen molar-refractivity contribution in [1.29, 1.82) is 0 Å². The molecule has 0 aliphatic rings. The zero-order chi connectivity index (χ0) is 18.5. The lowest BCUT2D eigenvalue weighted by molar-refractivity contribution is -0.136. The van der Waals surface area contributed by atoms with E-state index in [1.165, 1.54) is 12.3 Å². The van der Waals surface area contributed by atoms with E-state index < -0.39 is 11.8 Å². The van der Waals surface area contributed by atoms with Crippen LogP contribution in [-0.2, 0) is 11.2 Å². The molecule has 25 heavy (non-hydrogen) atoms. The van der Waals surface area contributed by atoms with E-state index in [-0.39, 0.29) is 48.0 Å². The van der Waals surface area contributed by atoms with Gasteiger partial charge in [0, 0.05) is 28.2 Å². The van der Waals surface area contributed by atoms with Crippen LogP contribution in [0.15, 0.2) is 18.3 Å². The van der Waals surface area contributed by atoms with Crippen molar-refractivity contribution >= 4 is 74.9 Å². The summed E-state index contributed by atoms with van der Waals surface area (Å²) in [6.07, 6.45) is 1.10. The average molecular weight is 442 g/mol. The van der Waals surface area contributed by atoms with Gasteiger partial charge in [-0.05, 0) is 17.7 Å². The van der Waals surface area contributed by atoms with E-state index in [1.54, 1.807) is 6.07 Å². The van der Waals surface area contributed by atoms with Crippen molar-refractivity contribution in [2.24, 2.45) is 0 Å². The van der Waals surface area contributed by atoms with Crippen LogP contribution in [0.5, 0.6) is 0 Å². The summed E-state index contributed by atoms with van der Waals surface area (Å²) in [6, 6.07) is 3.04. The Morgan fingerprint density at radius 2 is 1.56 bits per heavy atom. The Kier molecular flexibility index (Phi) is 5.11. The quantitative estimate of drug-likeness (QED) is 0.344. The van der Waals surface area contributed by atoms with Gasteiger partial charge in [-0.25, -0.2) is 4.39 Å². The number of aromatic amines is 1. The zero-order valence-electron chi connectivity index (χ0n) is 12.1. The second kappa shape index (κ2) is 6.86. The van der Waals surface area contributed by atoms with Crippen LogP contribution in [0.1, 0.15) is 5.56 Å². The summed E-state index contributed by atoms with van der Waals surface area (Å²) < 4.78 is 15.2. The Hall–Kier alpha value is -1.17. The van der Waals surface area contributed by atoms with E-state index in [2.05, 4.69) is 4.98 Å². The van der Waals surface area contributed by atoms with E-state index in [1.807, 2.05) is 0 Å². The number of carboxylic acid groups (broad SMARTS) is 1. The summed E-state index contributed by atoms with van der Waals surface area (Å²) in [4.78, 5) is 13.8. The van der Waals surface area contributed by atoms with Crippen LogP contribution in [0, 0.1) is 5.82 Å². The van der Waals surface area contributed by atoms with Gasteiger partial charge < -0.3 is 10.1 Å². The first-order valence-corrected chi connectivity index (χ1v) is 8.65. The maximum Gasteiger partial charge on any atom is 0.307 e. The fraction of sp³-hybridized carbons (Fsp3) is 0.0625. The van der Waals surface area contributed by atoms with E-state index in [9.17, 15) is 4.79 Å². The standard InChI is InChI=1S/C16H7Cl5FNO2/c17-11-10(12(18)14(20)15(21)13(11)19)6-1-2-7-9(16(6)22)5(4-23-7)3-8(24)25/h1-2,4,23H,3H2,(H,24,25). The minimum absolute atomic E-state index is 0.0308. The van der Waals surface area contributed by atoms with Gasteiger partial charge in [0.15, 0.2) is 0 Å². The van der Waals surface area contributed by atoms with Crippen molar-refractivity contribution < 1.29 is 14.3 Å². The molecule has 0 atom stereocenters. The maximum absolute atomic E-state index is 15.2. The third kappa shape index (κ3) is 3.07. The van der Waals surface area contributed by atoms with Crippen molar-refractivity contribution in [3.05, 3.63) is 54.8 Å². The number of rotatable bonds is 3. The minimum atomic E-state index is -1.08. The van der Waals surface area contributed by atoms with Gasteiger partial charge in [-0.15, -0.1) is 0 Å². The van der Waals surface area contributed by atoms with Crippen molar-refractivity contribution in [2.45, 2.75) is 6.42 Å². The van der Waals surface area contributed by atoms with Gasteiger partial charge in [0.1, 0.15) is 5.82 Å². The molecule has 0 aliphatic carbocycles. The number of benzene rings is 2. The van der Waals surface area contributed by atoms with Gasteiger partial charge in [0.2, 0.25) is 0 Å². The third-order valence-corrected chi connectivity index (χ3v) is 5.96. The lowest BCUT2D eigenvalue weighted by Gasteiger charge is -2.14. The van der Waals surface area contributed by atoms with Crippen LogP contribution in [-0.4, -0.2) is 16.1 Å². The van der Waals surface area contributed by atoms with Crippen molar-refractivity contribution in [3.8, 4) is 11.1 Å². The molecule has 3 nitrogen and oxygen atoms in total. The second-order valence-corrected chi connectivity index (χ2v) is 7.07. The van der Waals surface area contributed by atoms with Crippen LogP contribution < -0.4 is 0 Å². The molecule has 9 heteroatoms. The normalized spacial score (nSPS) is 11.3. The van der Waals surface area contributed by atoms with Gasteiger partial charge in [-0.2, -0.15) is 0 Å². The Morgan fingerprint density at radius 1 is 1.00 bits per heavy atom. The number of H-pyrrole nitrogens is 1. The molecule has 2 N–H and O–H groups in total. The summed E-state index contributed by atoms with van der Waals surface area (Å²) >= 11 is 30.5. The number of hydrogen-bond acceptors (Lipinski definition) is 1. The highest BCUT2D eigenvalue weighted by atomic mass is 35.5. The fourth-order valence-corrected chi connectivity index (χ4v) is 3.93. The Labute approximate surface area is 166 Å². The number of hydrogen-bond donors (Lipinski definition) is 2. The van der Waals surface area contributed by atoms with Crippen molar-refractivity contribution in [1.82, 2.24) is 4.98 Å². The predicted molar refractivity (Wildman–Crippen MR) is 100 cm³/mol. The largest absolute Gasteiger partial charge is 0.481 e. The van der Waals surface area contributed by atoms with Crippen LogP contribution in [0.3, 0.4) is 0 Å². The number of fused-ring (bicyclic) bond motifs is 1. The SMILES string of the molecule is O=C(O)Cc1c[nH]c2ccc(-c3c(Cl)c(Cl)c(Cl)c(Cl)c3Cl)c(F)c12. The highest BCUT2D eigenvalue weighted by Crippen LogP contribution is 2.49. The highest BCUT2D eigenvalue weighted by Gasteiger charge is 2.24. The van der Waals surface area contributed by atoms with Crippen LogP contribution in [0.2, 0.25) is 25.1 Å². The Morgan fingerprint density at radius 3 is 2.12 bits per heavy atom. The predicted octanol–water partition coefficient (Wildman–Crippen LogP) is 6.87. The minimum Gasteiger partial charge on any atom is -0.481 e. The lowest BCUT2D eigenvalue weighted by atomic mass is 10.0. The van der Waals surface area contributed by atoms with E-state index in [0.717, 1.165) is 0 Å². The van der Waals surface area contributed by atoms with Crippen LogP contribution in [0.4, 0.5) is 4.39 Å². The molecule has 2 aromatic carbocycles. The molecule has 3 rings (SSSR count). The molecular formula is C16H7Cl5FNO2. The van der Waals surface area contributed by atoms with Crippen molar-refractivity contribution in [2.75, 3.05) is 0 Å². The molecule has 0 fully saturated rings. The number of aromatic nitrogens is 1. The number of carboxylic acids is 1. The number of aliphatic carboxylic acids is 1. The molecule has 0 saturated heterocycles. The monoisotopic (exact) mass is 439 g/mol. The molecular weight excluding hydrogens is 434 g/mol. The molecule has 0 bridgehead atoms. The number of halogens is 6. The molecule has 0 spiro atoms. The summed E-state index contributed by atoms with van der Waals surface area (Å²) in [6.45, 7) is 0. The van der Waals surface area contributed by atoms with Gasteiger partial charge in [0.25, 0.3) is 0 Å². The van der Waals surface area contributed by atoms with E-state index in [4.69, 9.17) is 63.1 Å². The molecule has 0 radical (unpaired) electrons. The first-order chi connectivity index (χ1) is 11.7. The summed E-state index contributed by atoms with van der Waals surface area (Å²) in [7, 11) is 0. The van der Waals surface area contributed by atoms with Crippen LogP contribution in [0.25, 0.3) is 22.0 Å². The fourth-order valence-electron chi connectivity index (χ4n) is 2.58. The van der Waals surface area contributed by atoms with E-state index >= 15 is 4.39 Å². The van der Waals surface area contributed by atoms with Crippen molar-refractivity contribution in [3.63, 3.8) is 0 Å². The molecule has 0 aliphatic heterocycles. The first kappa shape index (κ1) is 18.6. The van der Waals surface area contributed by atoms with E-state index in [0.29, 0.717) is 11.1 Å². The van der Waals surface area contributed by atoms with Gasteiger partial charge in [-0.3, -0.25) is 4.79 Å². The average Bonchev–Trinajstić information content (AvgIpc) is 2.96. The molecule has 1 aromatic heterocycles. The van der Waals surface area contributed by atoms with Gasteiger partial charge in [0.05, 0.1) is 31.5 Å². The maximum atomic E-state index is 15.2. The van der Waals surface area contributed by atoms with Gasteiger partial charge >= 0.3 is 5.97 Å². The summed E-state index contributed by atoms with van der Waals surface area (Å²) in [5, 5.41) is 8.90. The topological polar surface area (TPSA) is 53.1 Å². The molecule has 0 amide bonds. The molecule has 1 heterocycles. The van der Waals surface area contributed by atoms with Crippen LogP contribution >= 0.6 is 58.0 Å². The number of carbonyl (C=O) groups is 1. The third-order valence-electron chi connectivity index (χ3n) is 3.69.